The molecule has 0 aromatic carbocycles. The van der Waals surface area contributed by atoms with Crippen LogP contribution in [0, 0.1) is 20.8 Å². The molecule has 6 heteroatoms. The topological polar surface area (TPSA) is 68.5 Å². The fraction of sp³-hybridized carbons (Fsp3) is 0.294. The third kappa shape index (κ3) is 3.06. The summed E-state index contributed by atoms with van der Waals surface area (Å²) in [5.74, 6) is 1.53. The van der Waals surface area contributed by atoms with E-state index in [0.29, 0.717) is 12.4 Å². The lowest BCUT2D eigenvalue weighted by Crippen LogP contribution is -2.07. The Kier molecular flexibility index (Phi) is 4.06. The van der Waals surface area contributed by atoms with Gasteiger partial charge in [-0.05, 0) is 32.9 Å². The molecule has 118 valence electrons. The molecule has 0 atom stereocenters. The Morgan fingerprint density at radius 1 is 1.13 bits per heavy atom. The Morgan fingerprint density at radius 3 is 2.61 bits per heavy atom. The Hall–Kier alpha value is -2.76. The number of nitrogens with one attached hydrogen (secondary N) is 1. The minimum Gasteiger partial charge on any atom is -0.366 e. The van der Waals surface area contributed by atoms with Gasteiger partial charge in [-0.15, -0.1) is 0 Å². The molecule has 1 N–H and O–H groups in total. The van der Waals surface area contributed by atoms with Crippen LogP contribution in [0.2, 0.25) is 0 Å². The lowest BCUT2D eigenvalue weighted by atomic mass is 10.2. The number of rotatable bonds is 4. The molecule has 3 aromatic heterocycles. The molecule has 0 aliphatic rings. The van der Waals surface area contributed by atoms with E-state index in [1.807, 2.05) is 43.9 Å². The first kappa shape index (κ1) is 15.1. The molecule has 0 unspecified atom stereocenters. The van der Waals surface area contributed by atoms with E-state index in [9.17, 15) is 0 Å². The number of hydrogen-bond donors (Lipinski definition) is 1. The summed E-state index contributed by atoms with van der Waals surface area (Å²) in [5, 5.41) is 7.68. The van der Waals surface area contributed by atoms with Gasteiger partial charge >= 0.3 is 0 Å². The number of pyridine rings is 1. The van der Waals surface area contributed by atoms with Gasteiger partial charge in [-0.3, -0.25) is 9.67 Å². The second kappa shape index (κ2) is 6.16. The van der Waals surface area contributed by atoms with Crippen LogP contribution >= 0.6 is 0 Å². The molecule has 0 saturated carbocycles. The first-order valence-electron chi connectivity index (χ1n) is 7.53. The minimum absolute atomic E-state index is 0.684. The van der Waals surface area contributed by atoms with Gasteiger partial charge in [0.2, 0.25) is 0 Å². The molecule has 0 amide bonds. The Labute approximate surface area is 135 Å². The van der Waals surface area contributed by atoms with Gasteiger partial charge in [-0.2, -0.15) is 5.10 Å². The number of anilines is 1. The molecule has 3 aromatic rings. The van der Waals surface area contributed by atoms with Crippen LogP contribution in [-0.2, 0) is 13.6 Å². The van der Waals surface area contributed by atoms with Gasteiger partial charge in [-0.25, -0.2) is 9.97 Å². The van der Waals surface area contributed by atoms with Crippen molar-refractivity contribution >= 4 is 5.82 Å². The highest BCUT2D eigenvalue weighted by molar-refractivity contribution is 5.58. The second-order valence-corrected chi connectivity index (χ2v) is 5.58. The summed E-state index contributed by atoms with van der Waals surface area (Å²) in [5.41, 5.74) is 5.24. The average Bonchev–Trinajstić information content (AvgIpc) is 2.88. The van der Waals surface area contributed by atoms with Crippen molar-refractivity contribution in [1.29, 1.82) is 0 Å². The van der Waals surface area contributed by atoms with Crippen molar-refractivity contribution < 1.29 is 0 Å². The standard InChI is InChI=1S/C17H20N6/c1-11-12(2)21-17(14-6-5-7-18-8-14)22-16(11)19-9-15-10-20-23(4)13(15)3/h5-8,10H,9H2,1-4H3,(H,19,21,22). The lowest BCUT2D eigenvalue weighted by molar-refractivity contribution is 0.738. The normalized spacial score (nSPS) is 10.8. The van der Waals surface area contributed by atoms with Crippen molar-refractivity contribution in [3.8, 4) is 11.4 Å². The zero-order valence-corrected chi connectivity index (χ0v) is 13.8. The van der Waals surface area contributed by atoms with Crippen LogP contribution in [0.4, 0.5) is 5.82 Å². The first-order valence-corrected chi connectivity index (χ1v) is 7.53. The van der Waals surface area contributed by atoms with Crippen LogP contribution in [-0.4, -0.2) is 24.7 Å². The van der Waals surface area contributed by atoms with Crippen LogP contribution < -0.4 is 5.32 Å². The fourth-order valence-corrected chi connectivity index (χ4v) is 2.32. The van der Waals surface area contributed by atoms with E-state index in [2.05, 4.69) is 32.3 Å². The zero-order valence-electron chi connectivity index (χ0n) is 13.8. The van der Waals surface area contributed by atoms with Crippen LogP contribution in [0.15, 0.2) is 30.7 Å². The molecular weight excluding hydrogens is 288 g/mol. The van der Waals surface area contributed by atoms with Crippen molar-refractivity contribution in [2.45, 2.75) is 27.3 Å². The number of nitrogens with zero attached hydrogens (tertiary/aromatic N) is 5. The van der Waals surface area contributed by atoms with Crippen molar-refractivity contribution in [1.82, 2.24) is 24.7 Å². The van der Waals surface area contributed by atoms with Gasteiger partial charge in [0, 0.05) is 54.1 Å². The molecule has 0 aliphatic carbocycles. The smallest absolute Gasteiger partial charge is 0.163 e. The molecule has 3 rings (SSSR count). The molecule has 6 nitrogen and oxygen atoms in total. The number of hydrogen-bond acceptors (Lipinski definition) is 5. The summed E-state index contributed by atoms with van der Waals surface area (Å²) in [6.07, 6.45) is 5.40. The summed E-state index contributed by atoms with van der Waals surface area (Å²) in [6.45, 7) is 6.77. The largest absolute Gasteiger partial charge is 0.366 e. The van der Waals surface area contributed by atoms with Crippen molar-refractivity contribution in [3.05, 3.63) is 53.2 Å². The van der Waals surface area contributed by atoms with Crippen LogP contribution in [0.25, 0.3) is 11.4 Å². The van der Waals surface area contributed by atoms with E-state index in [4.69, 9.17) is 0 Å². The number of aryl methyl sites for hydroxylation is 2. The monoisotopic (exact) mass is 308 g/mol. The van der Waals surface area contributed by atoms with E-state index >= 15 is 0 Å². The van der Waals surface area contributed by atoms with Gasteiger partial charge in [0.05, 0.1) is 6.20 Å². The Bertz CT molecular complexity index is 823. The van der Waals surface area contributed by atoms with Crippen molar-refractivity contribution in [2.75, 3.05) is 5.32 Å². The van der Waals surface area contributed by atoms with Gasteiger partial charge in [0.1, 0.15) is 5.82 Å². The zero-order chi connectivity index (χ0) is 16.4. The average molecular weight is 308 g/mol. The molecular formula is C17H20N6. The van der Waals surface area contributed by atoms with Gasteiger partial charge in [0.25, 0.3) is 0 Å². The van der Waals surface area contributed by atoms with Crippen LogP contribution in [0.3, 0.4) is 0 Å². The maximum absolute atomic E-state index is 4.67. The quantitative estimate of drug-likeness (QED) is 0.802. The molecule has 3 heterocycles. The van der Waals surface area contributed by atoms with Gasteiger partial charge in [0.15, 0.2) is 5.82 Å². The highest BCUT2D eigenvalue weighted by atomic mass is 15.3. The third-order valence-electron chi connectivity index (χ3n) is 4.09. The lowest BCUT2D eigenvalue weighted by Gasteiger charge is -2.12. The molecule has 0 bridgehead atoms. The first-order chi connectivity index (χ1) is 11.1. The molecule has 0 spiro atoms. The Balaban J connectivity index is 1.89. The summed E-state index contributed by atoms with van der Waals surface area (Å²) in [4.78, 5) is 13.4. The van der Waals surface area contributed by atoms with Gasteiger partial charge in [-0.1, -0.05) is 0 Å². The second-order valence-electron chi connectivity index (χ2n) is 5.58. The highest BCUT2D eigenvalue weighted by Gasteiger charge is 2.11. The fourth-order valence-electron chi connectivity index (χ4n) is 2.32. The van der Waals surface area contributed by atoms with E-state index < -0.39 is 0 Å². The molecule has 0 fully saturated rings. The SMILES string of the molecule is Cc1nc(-c2cccnc2)nc(NCc2cnn(C)c2C)c1C. The van der Waals surface area contributed by atoms with Crippen LogP contribution in [0.5, 0.6) is 0 Å². The highest BCUT2D eigenvalue weighted by Crippen LogP contribution is 2.21. The molecule has 23 heavy (non-hydrogen) atoms. The predicted octanol–water partition coefficient (Wildman–Crippen LogP) is 2.81. The summed E-state index contributed by atoms with van der Waals surface area (Å²) in [6, 6.07) is 3.85. The van der Waals surface area contributed by atoms with Crippen LogP contribution in [0.1, 0.15) is 22.5 Å². The van der Waals surface area contributed by atoms with Gasteiger partial charge < -0.3 is 5.32 Å². The summed E-state index contributed by atoms with van der Waals surface area (Å²) >= 11 is 0. The summed E-state index contributed by atoms with van der Waals surface area (Å²) in [7, 11) is 1.94. The third-order valence-corrected chi connectivity index (χ3v) is 4.09. The van der Waals surface area contributed by atoms with E-state index in [1.54, 1.807) is 12.4 Å². The van der Waals surface area contributed by atoms with E-state index in [-0.39, 0.29) is 0 Å². The van der Waals surface area contributed by atoms with E-state index in [1.165, 1.54) is 0 Å². The minimum atomic E-state index is 0.684. The summed E-state index contributed by atoms with van der Waals surface area (Å²) < 4.78 is 1.87. The maximum atomic E-state index is 4.67. The van der Waals surface area contributed by atoms with E-state index in [0.717, 1.165) is 33.9 Å². The maximum Gasteiger partial charge on any atom is 0.163 e. The molecule has 0 aliphatic heterocycles. The van der Waals surface area contributed by atoms with Crippen molar-refractivity contribution in [3.63, 3.8) is 0 Å². The van der Waals surface area contributed by atoms with Crippen molar-refractivity contribution in [2.24, 2.45) is 7.05 Å². The number of aromatic nitrogens is 5. The molecule has 0 saturated heterocycles. The molecule has 0 radical (unpaired) electrons. The Morgan fingerprint density at radius 2 is 1.96 bits per heavy atom. The predicted molar refractivity (Wildman–Crippen MR) is 90.0 cm³/mol.